The molecule has 6 nitrogen and oxygen atoms in total. The molecule has 0 saturated carbocycles. The number of likely N-dealkylation sites (tertiary alicyclic amines) is 1. The zero-order valence-electron chi connectivity index (χ0n) is 13.2. The van der Waals surface area contributed by atoms with E-state index in [1.165, 1.54) is 31.4 Å². The number of carbonyl (C=O) groups excluding carboxylic acids is 1. The number of anilines is 1. The molecule has 0 atom stereocenters. The number of benzene rings is 1. The molecule has 3 N–H and O–H groups in total. The van der Waals surface area contributed by atoms with Crippen molar-refractivity contribution >= 4 is 44.8 Å². The molecule has 2 rings (SSSR count). The molecular formula is C15H21Cl2N3O3S. The van der Waals surface area contributed by atoms with Crippen LogP contribution in [-0.2, 0) is 14.8 Å². The van der Waals surface area contributed by atoms with E-state index in [0.717, 1.165) is 25.9 Å². The summed E-state index contributed by atoms with van der Waals surface area (Å²) in [6.07, 6.45) is 5.78. The van der Waals surface area contributed by atoms with Crippen LogP contribution in [-0.4, -0.2) is 38.9 Å². The Bertz CT molecular complexity index is 679. The molecule has 24 heavy (non-hydrogen) atoms. The molecule has 1 aliphatic rings. The molecule has 1 aromatic rings. The van der Waals surface area contributed by atoms with Gasteiger partial charge in [0.25, 0.3) is 0 Å². The maximum Gasteiger partial charge on any atom is 0.238 e. The lowest BCUT2D eigenvalue weighted by Gasteiger charge is -2.24. The minimum Gasteiger partial charge on any atom is -0.322 e. The lowest BCUT2D eigenvalue weighted by molar-refractivity contribution is -0.117. The van der Waals surface area contributed by atoms with E-state index in [-0.39, 0.29) is 33.1 Å². The van der Waals surface area contributed by atoms with Crippen molar-refractivity contribution in [3.8, 4) is 0 Å². The summed E-state index contributed by atoms with van der Waals surface area (Å²) < 4.78 is 22.7. The summed E-state index contributed by atoms with van der Waals surface area (Å²) >= 11 is 12.1. The Balaban J connectivity index is 2.05. The third kappa shape index (κ3) is 5.60. The summed E-state index contributed by atoms with van der Waals surface area (Å²) in [6, 6.07) is 2.35. The van der Waals surface area contributed by atoms with E-state index < -0.39 is 10.0 Å². The number of nitrogens with one attached hydrogen (secondary N) is 1. The summed E-state index contributed by atoms with van der Waals surface area (Å²) in [6.45, 7) is 2.03. The highest BCUT2D eigenvalue weighted by atomic mass is 35.5. The van der Waals surface area contributed by atoms with Crippen molar-refractivity contribution in [1.82, 2.24) is 4.90 Å². The molecule has 1 aliphatic heterocycles. The predicted octanol–water partition coefficient (Wildman–Crippen LogP) is 2.85. The van der Waals surface area contributed by atoms with Gasteiger partial charge in [0, 0.05) is 0 Å². The Labute approximate surface area is 152 Å². The Kier molecular flexibility index (Phi) is 6.88. The van der Waals surface area contributed by atoms with Gasteiger partial charge in [-0.2, -0.15) is 0 Å². The van der Waals surface area contributed by atoms with Gasteiger partial charge in [0.2, 0.25) is 15.9 Å². The van der Waals surface area contributed by atoms with E-state index in [4.69, 9.17) is 28.3 Å². The van der Waals surface area contributed by atoms with Gasteiger partial charge in [0.15, 0.2) is 0 Å². The first-order valence-corrected chi connectivity index (χ1v) is 10.1. The van der Waals surface area contributed by atoms with Gasteiger partial charge < -0.3 is 5.32 Å². The molecule has 0 radical (unpaired) electrons. The standard InChI is InChI=1S/C15H21Cl2N3O3S/c16-12-8-11(24(18,22)23)9-13(17)15(12)19-14(21)10-20-6-4-2-1-3-5-7-20/h8-9H,1-7,10H2,(H,19,21)(H2,18,22,23). The van der Waals surface area contributed by atoms with E-state index in [1.807, 2.05) is 0 Å². The van der Waals surface area contributed by atoms with Gasteiger partial charge in [-0.25, -0.2) is 13.6 Å². The van der Waals surface area contributed by atoms with Crippen LogP contribution in [0.4, 0.5) is 5.69 Å². The van der Waals surface area contributed by atoms with Crippen LogP contribution in [0.2, 0.25) is 10.0 Å². The highest BCUT2D eigenvalue weighted by Crippen LogP contribution is 2.33. The number of nitrogens with zero attached hydrogens (tertiary/aromatic N) is 1. The molecule has 0 bridgehead atoms. The summed E-state index contributed by atoms with van der Waals surface area (Å²) in [5.41, 5.74) is 0.197. The third-order valence-corrected chi connectivity index (χ3v) is 5.41. The molecule has 9 heteroatoms. The summed E-state index contributed by atoms with van der Waals surface area (Å²) in [4.78, 5) is 14.2. The molecule has 134 valence electrons. The van der Waals surface area contributed by atoms with E-state index in [2.05, 4.69) is 10.2 Å². The molecule has 1 amide bonds. The lowest BCUT2D eigenvalue weighted by atomic mass is 10.1. The normalized spacial score (nSPS) is 17.1. The van der Waals surface area contributed by atoms with Crippen LogP contribution in [0.25, 0.3) is 0 Å². The van der Waals surface area contributed by atoms with E-state index in [9.17, 15) is 13.2 Å². The zero-order chi connectivity index (χ0) is 17.7. The quantitative estimate of drug-likeness (QED) is 0.822. The van der Waals surface area contributed by atoms with Crippen molar-refractivity contribution in [3.63, 3.8) is 0 Å². The Morgan fingerprint density at radius 2 is 1.58 bits per heavy atom. The molecule has 1 heterocycles. The van der Waals surface area contributed by atoms with Gasteiger partial charge in [0.1, 0.15) is 0 Å². The first-order valence-electron chi connectivity index (χ1n) is 7.81. The third-order valence-electron chi connectivity index (χ3n) is 3.92. The van der Waals surface area contributed by atoms with Crippen molar-refractivity contribution in [2.75, 3.05) is 25.0 Å². The summed E-state index contributed by atoms with van der Waals surface area (Å²) in [5, 5.41) is 7.79. The van der Waals surface area contributed by atoms with Crippen LogP contribution in [0.1, 0.15) is 32.1 Å². The second kappa shape index (κ2) is 8.49. The maximum atomic E-state index is 12.3. The van der Waals surface area contributed by atoms with Crippen molar-refractivity contribution in [2.45, 2.75) is 37.0 Å². The van der Waals surface area contributed by atoms with E-state index >= 15 is 0 Å². The van der Waals surface area contributed by atoms with Gasteiger partial charge in [0.05, 0.1) is 27.2 Å². The van der Waals surface area contributed by atoms with Crippen molar-refractivity contribution in [1.29, 1.82) is 0 Å². The molecule has 1 aromatic carbocycles. The molecule has 0 aromatic heterocycles. The summed E-state index contributed by atoms with van der Waals surface area (Å²) in [7, 11) is -3.91. The second-order valence-corrected chi connectivity index (χ2v) is 8.27. The molecule has 0 spiro atoms. The number of hydrogen-bond acceptors (Lipinski definition) is 4. The van der Waals surface area contributed by atoms with Crippen molar-refractivity contribution in [3.05, 3.63) is 22.2 Å². The monoisotopic (exact) mass is 393 g/mol. The van der Waals surface area contributed by atoms with Crippen molar-refractivity contribution < 1.29 is 13.2 Å². The second-order valence-electron chi connectivity index (χ2n) is 5.90. The van der Waals surface area contributed by atoms with Crippen LogP contribution >= 0.6 is 23.2 Å². The highest BCUT2D eigenvalue weighted by molar-refractivity contribution is 7.89. The maximum absolute atomic E-state index is 12.3. The average Bonchev–Trinajstić information content (AvgIpc) is 2.44. The molecule has 1 fully saturated rings. The minimum absolute atomic E-state index is 0.0348. The molecule has 0 unspecified atom stereocenters. The van der Waals surface area contributed by atoms with Crippen LogP contribution in [0.15, 0.2) is 17.0 Å². The first-order chi connectivity index (χ1) is 11.3. The molecule has 1 saturated heterocycles. The van der Waals surface area contributed by atoms with Gasteiger partial charge >= 0.3 is 0 Å². The van der Waals surface area contributed by atoms with Gasteiger partial charge in [-0.05, 0) is 38.1 Å². The van der Waals surface area contributed by atoms with E-state index in [1.54, 1.807) is 0 Å². The predicted molar refractivity (Wildman–Crippen MR) is 96.0 cm³/mol. The minimum atomic E-state index is -3.91. The van der Waals surface area contributed by atoms with Crippen LogP contribution in [0, 0.1) is 0 Å². The lowest BCUT2D eigenvalue weighted by Crippen LogP contribution is -2.35. The Morgan fingerprint density at radius 3 is 2.08 bits per heavy atom. The number of halogens is 2. The fraction of sp³-hybridized carbons (Fsp3) is 0.533. The number of carbonyl (C=O) groups is 1. The topological polar surface area (TPSA) is 92.5 Å². The van der Waals surface area contributed by atoms with E-state index in [0.29, 0.717) is 0 Å². The molecule has 0 aliphatic carbocycles. The van der Waals surface area contributed by atoms with Crippen LogP contribution in [0.5, 0.6) is 0 Å². The van der Waals surface area contributed by atoms with Gasteiger partial charge in [-0.3, -0.25) is 9.69 Å². The molecular weight excluding hydrogens is 373 g/mol. The first kappa shape index (κ1) is 19.5. The smallest absolute Gasteiger partial charge is 0.238 e. The number of primary sulfonamides is 1. The van der Waals surface area contributed by atoms with Gasteiger partial charge in [-0.15, -0.1) is 0 Å². The fourth-order valence-electron chi connectivity index (χ4n) is 2.69. The average molecular weight is 394 g/mol. The number of rotatable bonds is 4. The van der Waals surface area contributed by atoms with Gasteiger partial charge in [-0.1, -0.05) is 42.5 Å². The Hall–Kier alpha value is -0.860. The zero-order valence-corrected chi connectivity index (χ0v) is 15.6. The van der Waals surface area contributed by atoms with Crippen LogP contribution < -0.4 is 10.5 Å². The number of nitrogens with two attached hydrogens (primary N) is 1. The number of hydrogen-bond donors (Lipinski definition) is 2. The number of amides is 1. The van der Waals surface area contributed by atoms with Crippen LogP contribution in [0.3, 0.4) is 0 Å². The SMILES string of the molecule is NS(=O)(=O)c1cc(Cl)c(NC(=O)CN2CCCCCCC2)c(Cl)c1. The fourth-order valence-corrected chi connectivity index (χ4v) is 3.96. The summed E-state index contributed by atoms with van der Waals surface area (Å²) in [5.74, 6) is -0.234. The number of sulfonamides is 1. The van der Waals surface area contributed by atoms with Crippen molar-refractivity contribution in [2.24, 2.45) is 5.14 Å². The largest absolute Gasteiger partial charge is 0.322 e. The highest BCUT2D eigenvalue weighted by Gasteiger charge is 2.18. The Morgan fingerprint density at radius 1 is 1.08 bits per heavy atom.